The van der Waals surface area contributed by atoms with Crippen LogP contribution in [0.3, 0.4) is 0 Å². The van der Waals surface area contributed by atoms with Gasteiger partial charge in [-0.05, 0) is 25.8 Å². The minimum absolute atomic E-state index is 0.00335. The van der Waals surface area contributed by atoms with Gasteiger partial charge in [-0.15, -0.1) is 0 Å². The number of hydrogen-bond donors (Lipinski definition) is 1. The lowest BCUT2D eigenvalue weighted by Crippen LogP contribution is -2.34. The summed E-state index contributed by atoms with van der Waals surface area (Å²) in [6.45, 7) is 2.19. The maximum absolute atomic E-state index is 15.6. The molecule has 2 fully saturated rings. The number of methoxy groups -OCH3 is 1. The van der Waals surface area contributed by atoms with E-state index in [9.17, 15) is 14.0 Å². The van der Waals surface area contributed by atoms with E-state index in [0.717, 1.165) is 18.9 Å². The van der Waals surface area contributed by atoms with E-state index in [2.05, 4.69) is 0 Å². The largest absolute Gasteiger partial charge is 0.462 e. The number of halogens is 2. The topological polar surface area (TPSA) is 86.8 Å². The van der Waals surface area contributed by atoms with Crippen LogP contribution in [0.15, 0.2) is 17.1 Å². The van der Waals surface area contributed by atoms with E-state index in [1.807, 2.05) is 0 Å². The lowest BCUT2D eigenvalue weighted by atomic mass is 10.1. The third-order valence-electron chi connectivity index (χ3n) is 5.55. The molecule has 2 aromatic rings. The van der Waals surface area contributed by atoms with Crippen molar-refractivity contribution in [1.29, 1.82) is 0 Å². The van der Waals surface area contributed by atoms with Crippen LogP contribution in [0.25, 0.3) is 10.9 Å². The predicted octanol–water partition coefficient (Wildman–Crippen LogP) is 1.95. The number of nitrogens with zero attached hydrogens (tertiary/aromatic N) is 2. The third kappa shape index (κ3) is 3.28. The van der Waals surface area contributed by atoms with Gasteiger partial charge < -0.3 is 24.7 Å². The van der Waals surface area contributed by atoms with E-state index in [-0.39, 0.29) is 60.0 Å². The Morgan fingerprint density at radius 1 is 1.31 bits per heavy atom. The minimum atomic E-state index is -0.876. The molecule has 7 nitrogen and oxygen atoms in total. The standard InChI is InChI=1S/C20H23F2N3O4/c1-3-29-20(27)12-7-25(10-4-5-10)17-11(19(12)26)6-13(21)18(16(17)22)24-8-14(23)15(9-24)28-2/h6-7,10,14-15H,3-5,8-9,23H2,1-2H3/t14-,15+/m0/s1. The number of benzene rings is 1. The van der Waals surface area contributed by atoms with E-state index < -0.39 is 23.0 Å². The van der Waals surface area contributed by atoms with Crippen molar-refractivity contribution in [3.8, 4) is 0 Å². The van der Waals surface area contributed by atoms with Gasteiger partial charge in [-0.2, -0.15) is 0 Å². The lowest BCUT2D eigenvalue weighted by molar-refractivity contribution is 0.0524. The van der Waals surface area contributed by atoms with Gasteiger partial charge in [0.05, 0.1) is 29.7 Å². The fourth-order valence-corrected chi connectivity index (χ4v) is 3.95. The molecule has 2 atom stereocenters. The molecule has 9 heteroatoms. The van der Waals surface area contributed by atoms with Crippen LogP contribution in [0, 0.1) is 11.6 Å². The van der Waals surface area contributed by atoms with Crippen LogP contribution in [0.1, 0.15) is 36.2 Å². The second-order valence-electron chi connectivity index (χ2n) is 7.49. The van der Waals surface area contributed by atoms with Crippen LogP contribution < -0.4 is 16.1 Å². The van der Waals surface area contributed by atoms with Crippen molar-refractivity contribution < 1.29 is 23.0 Å². The summed E-state index contributed by atoms with van der Waals surface area (Å²) in [6, 6.07) is 0.571. The van der Waals surface area contributed by atoms with Crippen LogP contribution in [0.5, 0.6) is 0 Å². The summed E-state index contributed by atoms with van der Waals surface area (Å²) in [5.41, 5.74) is 4.81. The number of anilines is 1. The Morgan fingerprint density at radius 2 is 2.03 bits per heavy atom. The summed E-state index contributed by atoms with van der Waals surface area (Å²) < 4.78 is 42.4. The summed E-state index contributed by atoms with van der Waals surface area (Å²) in [5, 5.41) is -0.173. The molecule has 29 heavy (non-hydrogen) atoms. The molecular formula is C20H23F2N3O4. The molecule has 0 unspecified atom stereocenters. The quantitative estimate of drug-likeness (QED) is 0.763. The number of rotatable bonds is 5. The van der Waals surface area contributed by atoms with Crippen molar-refractivity contribution in [1.82, 2.24) is 4.57 Å². The molecule has 0 radical (unpaired) electrons. The molecule has 1 aromatic carbocycles. The molecular weight excluding hydrogens is 384 g/mol. The van der Waals surface area contributed by atoms with Crippen molar-refractivity contribution in [2.75, 3.05) is 31.7 Å². The van der Waals surface area contributed by atoms with Gasteiger partial charge >= 0.3 is 5.97 Å². The van der Waals surface area contributed by atoms with Crippen LogP contribution in [-0.2, 0) is 9.47 Å². The van der Waals surface area contributed by atoms with Crippen molar-refractivity contribution in [3.63, 3.8) is 0 Å². The predicted molar refractivity (Wildman–Crippen MR) is 103 cm³/mol. The second-order valence-corrected chi connectivity index (χ2v) is 7.49. The Kier molecular flexibility index (Phi) is 5.04. The molecule has 156 valence electrons. The Morgan fingerprint density at radius 3 is 2.62 bits per heavy atom. The molecule has 1 aromatic heterocycles. The molecule has 1 aliphatic heterocycles. The number of esters is 1. The maximum Gasteiger partial charge on any atom is 0.343 e. The van der Waals surface area contributed by atoms with E-state index in [1.165, 1.54) is 18.2 Å². The summed E-state index contributed by atoms with van der Waals surface area (Å²) in [5.74, 6) is -2.50. The first-order valence-corrected chi connectivity index (χ1v) is 9.64. The average molecular weight is 407 g/mol. The Bertz CT molecular complexity index is 1030. The highest BCUT2D eigenvalue weighted by molar-refractivity contribution is 5.95. The van der Waals surface area contributed by atoms with E-state index in [4.69, 9.17) is 15.2 Å². The maximum atomic E-state index is 15.6. The smallest absolute Gasteiger partial charge is 0.343 e. The highest BCUT2D eigenvalue weighted by Crippen LogP contribution is 2.40. The number of fused-ring (bicyclic) bond motifs is 1. The number of carbonyl (C=O) groups excluding carboxylic acids is 1. The van der Waals surface area contributed by atoms with Gasteiger partial charge in [0.15, 0.2) is 5.82 Å². The van der Waals surface area contributed by atoms with Gasteiger partial charge in [-0.25, -0.2) is 13.6 Å². The number of aromatic nitrogens is 1. The van der Waals surface area contributed by atoms with Gasteiger partial charge in [0.2, 0.25) is 5.43 Å². The van der Waals surface area contributed by atoms with Crippen molar-refractivity contribution in [2.45, 2.75) is 38.0 Å². The zero-order valence-electron chi connectivity index (χ0n) is 16.3. The molecule has 0 amide bonds. The first-order chi connectivity index (χ1) is 13.9. The van der Waals surface area contributed by atoms with Crippen LogP contribution in [0.4, 0.5) is 14.5 Å². The normalized spacial score (nSPS) is 21.8. The molecule has 0 spiro atoms. The Labute approximate surface area is 166 Å². The molecule has 0 bridgehead atoms. The number of ether oxygens (including phenoxy) is 2. The van der Waals surface area contributed by atoms with Gasteiger partial charge in [0, 0.05) is 32.4 Å². The summed E-state index contributed by atoms with van der Waals surface area (Å²) >= 11 is 0. The van der Waals surface area contributed by atoms with E-state index >= 15 is 4.39 Å². The van der Waals surface area contributed by atoms with E-state index in [1.54, 1.807) is 11.5 Å². The summed E-state index contributed by atoms with van der Waals surface area (Å²) in [6.07, 6.45) is 2.55. The zero-order valence-corrected chi connectivity index (χ0v) is 16.3. The Hall–Kier alpha value is -2.52. The molecule has 2 heterocycles. The summed E-state index contributed by atoms with van der Waals surface area (Å²) in [4.78, 5) is 26.5. The van der Waals surface area contributed by atoms with Crippen molar-refractivity contribution in [3.05, 3.63) is 39.7 Å². The third-order valence-corrected chi connectivity index (χ3v) is 5.55. The second kappa shape index (κ2) is 7.38. The number of nitrogens with two attached hydrogens (primary N) is 1. The first-order valence-electron chi connectivity index (χ1n) is 9.64. The van der Waals surface area contributed by atoms with Crippen LogP contribution in [0.2, 0.25) is 0 Å². The van der Waals surface area contributed by atoms with Gasteiger partial charge in [0.1, 0.15) is 17.1 Å². The van der Waals surface area contributed by atoms with Crippen molar-refractivity contribution in [2.24, 2.45) is 5.73 Å². The number of hydrogen-bond acceptors (Lipinski definition) is 6. The van der Waals surface area contributed by atoms with Crippen molar-refractivity contribution >= 4 is 22.6 Å². The molecule has 1 saturated heterocycles. The monoisotopic (exact) mass is 407 g/mol. The Balaban J connectivity index is 1.92. The van der Waals surface area contributed by atoms with Gasteiger partial charge in [0.25, 0.3) is 0 Å². The average Bonchev–Trinajstić information content (AvgIpc) is 3.45. The molecule has 2 aliphatic rings. The fraction of sp³-hybridized carbons (Fsp3) is 0.500. The number of pyridine rings is 1. The minimum Gasteiger partial charge on any atom is -0.462 e. The van der Waals surface area contributed by atoms with Crippen LogP contribution in [-0.4, -0.2) is 49.5 Å². The van der Waals surface area contributed by atoms with E-state index in [0.29, 0.717) is 0 Å². The fourth-order valence-electron chi connectivity index (χ4n) is 3.95. The molecule has 2 N–H and O–H groups in total. The van der Waals surface area contributed by atoms with Gasteiger partial charge in [-0.1, -0.05) is 0 Å². The first kappa shape index (κ1) is 19.8. The highest BCUT2D eigenvalue weighted by atomic mass is 19.1. The van der Waals surface area contributed by atoms with Gasteiger partial charge in [-0.3, -0.25) is 4.79 Å². The molecule has 1 aliphatic carbocycles. The highest BCUT2D eigenvalue weighted by Gasteiger charge is 2.35. The SMILES string of the molecule is CCOC(=O)c1cn(C2CC2)c2c(F)c(N3C[C@H](N)[C@H](OC)C3)c(F)cc2c1=O. The lowest BCUT2D eigenvalue weighted by Gasteiger charge is -2.22. The summed E-state index contributed by atoms with van der Waals surface area (Å²) in [7, 11) is 1.50. The van der Waals surface area contributed by atoms with Crippen LogP contribution >= 0.6 is 0 Å². The molecule has 1 saturated carbocycles. The number of carbonyl (C=O) groups is 1. The molecule has 4 rings (SSSR count). The zero-order chi connectivity index (χ0) is 20.9.